The molecule has 3 aromatic rings. The number of nitrogens with zero attached hydrogens (tertiary/aromatic N) is 1. The summed E-state index contributed by atoms with van der Waals surface area (Å²) >= 11 is 1.56. The third-order valence-corrected chi connectivity index (χ3v) is 8.07. The van der Waals surface area contributed by atoms with Crippen LogP contribution in [0.15, 0.2) is 35.2 Å². The summed E-state index contributed by atoms with van der Waals surface area (Å²) in [4.78, 5) is 6.08. The van der Waals surface area contributed by atoms with Crippen molar-refractivity contribution >= 4 is 21.4 Å². The van der Waals surface area contributed by atoms with Crippen LogP contribution in [0, 0.1) is 27.7 Å². The van der Waals surface area contributed by atoms with Crippen LogP contribution in [0.4, 0.5) is 0 Å². The number of thiazole rings is 1. The van der Waals surface area contributed by atoms with E-state index in [0.29, 0.717) is 29.4 Å². The lowest BCUT2D eigenvalue weighted by Crippen LogP contribution is -2.27. The fourth-order valence-electron chi connectivity index (χ4n) is 3.71. The molecular weight excluding hydrogens is 432 g/mol. The number of sulfonamides is 1. The molecule has 0 aliphatic rings. The minimum absolute atomic E-state index is 0.309. The highest BCUT2D eigenvalue weighted by Gasteiger charge is 2.20. The van der Waals surface area contributed by atoms with Crippen molar-refractivity contribution < 1.29 is 17.9 Å². The lowest BCUT2D eigenvalue weighted by Gasteiger charge is -2.13. The second-order valence-corrected chi connectivity index (χ2v) is 10.3. The Morgan fingerprint density at radius 1 is 0.968 bits per heavy atom. The number of rotatable bonds is 8. The number of aryl methyl sites for hydroxylation is 4. The summed E-state index contributed by atoms with van der Waals surface area (Å²) in [5.74, 6) is 1.31. The van der Waals surface area contributed by atoms with Crippen molar-refractivity contribution in [2.75, 3.05) is 20.8 Å². The predicted molar refractivity (Wildman–Crippen MR) is 125 cm³/mol. The summed E-state index contributed by atoms with van der Waals surface area (Å²) in [6.07, 6.45) is 0.569. The molecule has 1 aromatic heterocycles. The quantitative estimate of drug-likeness (QED) is 0.532. The van der Waals surface area contributed by atoms with E-state index in [1.54, 1.807) is 25.6 Å². The highest BCUT2D eigenvalue weighted by Crippen LogP contribution is 2.35. The molecule has 0 saturated carbocycles. The molecule has 0 aliphatic heterocycles. The van der Waals surface area contributed by atoms with Gasteiger partial charge in [-0.2, -0.15) is 0 Å². The number of hydrogen-bond donors (Lipinski definition) is 1. The Balaban J connectivity index is 1.75. The maximum absolute atomic E-state index is 12.9. The number of hydrogen-bond acceptors (Lipinski definition) is 6. The zero-order valence-electron chi connectivity index (χ0n) is 18.7. The Labute approximate surface area is 188 Å². The summed E-state index contributed by atoms with van der Waals surface area (Å²) in [6.45, 7) is 7.88. The van der Waals surface area contributed by atoms with Crippen molar-refractivity contribution in [3.8, 4) is 22.1 Å². The Bertz CT molecular complexity index is 1180. The first-order valence-electron chi connectivity index (χ1n) is 9.92. The van der Waals surface area contributed by atoms with Crippen LogP contribution in [-0.4, -0.2) is 34.2 Å². The molecule has 0 atom stereocenters. The molecule has 0 saturated heterocycles. The molecule has 0 fully saturated rings. The second kappa shape index (κ2) is 9.38. The van der Waals surface area contributed by atoms with Gasteiger partial charge in [0.15, 0.2) is 11.5 Å². The summed E-state index contributed by atoms with van der Waals surface area (Å²) in [5, 5.41) is 0.863. The molecule has 6 nitrogen and oxygen atoms in total. The topological polar surface area (TPSA) is 77.5 Å². The highest BCUT2D eigenvalue weighted by atomic mass is 32.2. The van der Waals surface area contributed by atoms with Gasteiger partial charge in [0.1, 0.15) is 5.01 Å². The molecule has 8 heteroatoms. The molecule has 0 radical (unpaired) electrons. The van der Waals surface area contributed by atoms with Gasteiger partial charge in [0, 0.05) is 17.0 Å². The van der Waals surface area contributed by atoms with Gasteiger partial charge in [0.2, 0.25) is 10.0 Å². The molecule has 166 valence electrons. The molecule has 0 unspecified atom stereocenters. The summed E-state index contributed by atoms with van der Waals surface area (Å²) in [5.41, 5.74) is 4.40. The predicted octanol–water partition coefficient (Wildman–Crippen LogP) is 4.58. The van der Waals surface area contributed by atoms with Gasteiger partial charge < -0.3 is 9.47 Å². The van der Waals surface area contributed by atoms with Gasteiger partial charge in [-0.3, -0.25) is 0 Å². The van der Waals surface area contributed by atoms with Crippen LogP contribution in [0.2, 0.25) is 0 Å². The van der Waals surface area contributed by atoms with Crippen LogP contribution in [-0.2, 0) is 16.4 Å². The van der Waals surface area contributed by atoms with Crippen molar-refractivity contribution in [2.24, 2.45) is 0 Å². The van der Waals surface area contributed by atoms with E-state index in [1.807, 2.05) is 58.0 Å². The number of methoxy groups -OCH3 is 2. The average molecular weight is 461 g/mol. The maximum Gasteiger partial charge on any atom is 0.241 e. The lowest BCUT2D eigenvalue weighted by atomic mass is 10.1. The fourth-order valence-corrected chi connectivity index (χ4v) is 6.25. The lowest BCUT2D eigenvalue weighted by molar-refractivity contribution is 0.355. The van der Waals surface area contributed by atoms with Gasteiger partial charge in [-0.15, -0.1) is 11.3 Å². The van der Waals surface area contributed by atoms with Gasteiger partial charge in [-0.1, -0.05) is 17.7 Å². The SMILES string of the molecule is COc1ccc(-c2nc(C)c(CCNS(=O)(=O)c3c(C)cc(C)cc3C)s2)cc1OC. The van der Waals surface area contributed by atoms with Gasteiger partial charge in [-0.25, -0.2) is 18.1 Å². The number of aromatic nitrogens is 1. The van der Waals surface area contributed by atoms with E-state index < -0.39 is 10.0 Å². The molecule has 1 heterocycles. The van der Waals surface area contributed by atoms with Crippen molar-refractivity contribution in [1.29, 1.82) is 0 Å². The van der Waals surface area contributed by atoms with E-state index in [1.165, 1.54) is 0 Å². The van der Waals surface area contributed by atoms with E-state index in [9.17, 15) is 8.42 Å². The summed E-state index contributed by atoms with van der Waals surface area (Å²) in [6, 6.07) is 9.47. The summed E-state index contributed by atoms with van der Waals surface area (Å²) in [7, 11) is -0.378. The van der Waals surface area contributed by atoms with Gasteiger partial charge in [0.05, 0.1) is 24.8 Å². The number of nitrogens with one attached hydrogen (secondary N) is 1. The maximum atomic E-state index is 12.9. The van der Waals surface area contributed by atoms with Crippen LogP contribution in [0.3, 0.4) is 0 Å². The van der Waals surface area contributed by atoms with Gasteiger partial charge >= 0.3 is 0 Å². The second-order valence-electron chi connectivity index (χ2n) is 7.47. The standard InChI is InChI=1S/C23H28N2O4S2/c1-14-11-15(2)22(16(3)12-14)31(26,27)24-10-9-21-17(4)25-23(30-21)18-7-8-19(28-5)20(13-18)29-6/h7-8,11-13,24H,9-10H2,1-6H3. The van der Waals surface area contributed by atoms with Crippen molar-refractivity contribution in [2.45, 2.75) is 39.0 Å². The Morgan fingerprint density at radius 2 is 1.61 bits per heavy atom. The number of ether oxygens (including phenoxy) is 2. The van der Waals surface area contributed by atoms with Gasteiger partial charge in [0.25, 0.3) is 0 Å². The molecule has 0 bridgehead atoms. The number of benzene rings is 2. The molecule has 2 aromatic carbocycles. The first kappa shape index (κ1) is 23.2. The van der Waals surface area contributed by atoms with E-state index in [0.717, 1.165) is 37.8 Å². The normalized spacial score (nSPS) is 11.5. The van der Waals surface area contributed by atoms with Crippen molar-refractivity contribution in [3.63, 3.8) is 0 Å². The minimum atomic E-state index is -3.58. The molecule has 0 amide bonds. The Morgan fingerprint density at radius 3 is 2.23 bits per heavy atom. The van der Waals surface area contributed by atoms with Crippen molar-refractivity contribution in [1.82, 2.24) is 9.71 Å². The highest BCUT2D eigenvalue weighted by molar-refractivity contribution is 7.89. The zero-order valence-corrected chi connectivity index (χ0v) is 20.3. The van der Waals surface area contributed by atoms with Crippen LogP contribution >= 0.6 is 11.3 Å². The van der Waals surface area contributed by atoms with E-state index >= 15 is 0 Å². The zero-order chi connectivity index (χ0) is 22.8. The Kier molecular flexibility index (Phi) is 7.03. The average Bonchev–Trinajstić information content (AvgIpc) is 3.06. The molecule has 1 N–H and O–H groups in total. The van der Waals surface area contributed by atoms with E-state index in [4.69, 9.17) is 9.47 Å². The van der Waals surface area contributed by atoms with Crippen LogP contribution < -0.4 is 14.2 Å². The monoisotopic (exact) mass is 460 g/mol. The minimum Gasteiger partial charge on any atom is -0.493 e. The first-order valence-corrected chi connectivity index (χ1v) is 12.2. The van der Waals surface area contributed by atoms with Crippen LogP contribution in [0.5, 0.6) is 11.5 Å². The molecule has 0 aliphatic carbocycles. The summed E-state index contributed by atoms with van der Waals surface area (Å²) < 4.78 is 39.2. The smallest absolute Gasteiger partial charge is 0.241 e. The molecule has 0 spiro atoms. The molecule has 31 heavy (non-hydrogen) atoms. The third kappa shape index (κ3) is 5.08. The van der Waals surface area contributed by atoms with E-state index in [-0.39, 0.29) is 0 Å². The Hall–Kier alpha value is -2.42. The first-order chi connectivity index (χ1) is 14.7. The van der Waals surface area contributed by atoms with Crippen LogP contribution in [0.1, 0.15) is 27.3 Å². The van der Waals surface area contributed by atoms with E-state index in [2.05, 4.69) is 9.71 Å². The molecule has 3 rings (SSSR count). The van der Waals surface area contributed by atoms with Crippen LogP contribution in [0.25, 0.3) is 10.6 Å². The fraction of sp³-hybridized carbons (Fsp3) is 0.348. The van der Waals surface area contributed by atoms with Gasteiger partial charge in [-0.05, 0) is 63.4 Å². The third-order valence-electron chi connectivity index (χ3n) is 5.04. The largest absolute Gasteiger partial charge is 0.493 e. The molecular formula is C23H28N2O4S2. The van der Waals surface area contributed by atoms with Crippen molar-refractivity contribution in [3.05, 3.63) is 57.6 Å².